The fourth-order valence-corrected chi connectivity index (χ4v) is 2.31. The van der Waals surface area contributed by atoms with Crippen molar-refractivity contribution in [3.63, 3.8) is 0 Å². The van der Waals surface area contributed by atoms with Crippen LogP contribution in [0, 0.1) is 5.92 Å². The fraction of sp³-hybridized carbons (Fsp3) is 0.667. The molecular formula is C12H20N6O2. The van der Waals surface area contributed by atoms with E-state index in [2.05, 4.69) is 15.4 Å². The zero-order chi connectivity index (χ0) is 14.4. The number of nitrogens with two attached hydrogens (primary N) is 1. The van der Waals surface area contributed by atoms with Crippen molar-refractivity contribution in [3.05, 3.63) is 12.7 Å². The number of nitrogens with one attached hydrogen (secondary N) is 1. The van der Waals surface area contributed by atoms with Crippen LogP contribution < -0.4 is 11.1 Å². The van der Waals surface area contributed by atoms with E-state index < -0.39 is 0 Å². The number of carbonyl (C=O) groups excluding carboxylic acids is 2. The molecular weight excluding hydrogens is 260 g/mol. The minimum atomic E-state index is -0.144. The lowest BCUT2D eigenvalue weighted by molar-refractivity contribution is -0.136. The van der Waals surface area contributed by atoms with Gasteiger partial charge in [-0.2, -0.15) is 5.10 Å². The minimum absolute atomic E-state index is 0.0197. The van der Waals surface area contributed by atoms with Gasteiger partial charge in [0.15, 0.2) is 0 Å². The van der Waals surface area contributed by atoms with Crippen LogP contribution in [0.2, 0.25) is 0 Å². The third-order valence-corrected chi connectivity index (χ3v) is 3.35. The molecule has 1 aromatic rings. The second-order valence-electron chi connectivity index (χ2n) is 4.85. The van der Waals surface area contributed by atoms with Gasteiger partial charge in [0.25, 0.3) is 0 Å². The average Bonchev–Trinajstić information content (AvgIpc) is 2.97. The summed E-state index contributed by atoms with van der Waals surface area (Å²) in [5.41, 5.74) is 5.36. The first-order valence-electron chi connectivity index (χ1n) is 6.78. The van der Waals surface area contributed by atoms with Gasteiger partial charge in [-0.25, -0.2) is 9.67 Å². The van der Waals surface area contributed by atoms with Gasteiger partial charge >= 0.3 is 0 Å². The van der Waals surface area contributed by atoms with Gasteiger partial charge in [-0.05, 0) is 12.8 Å². The van der Waals surface area contributed by atoms with E-state index in [1.807, 2.05) is 0 Å². The summed E-state index contributed by atoms with van der Waals surface area (Å²) >= 11 is 0. The molecule has 0 radical (unpaired) electrons. The van der Waals surface area contributed by atoms with Crippen LogP contribution in [-0.4, -0.2) is 57.7 Å². The molecule has 1 aromatic heterocycles. The summed E-state index contributed by atoms with van der Waals surface area (Å²) in [6.45, 7) is 2.21. The van der Waals surface area contributed by atoms with Crippen LogP contribution in [0.25, 0.3) is 0 Å². The summed E-state index contributed by atoms with van der Waals surface area (Å²) in [6, 6.07) is 0. The van der Waals surface area contributed by atoms with Gasteiger partial charge in [-0.3, -0.25) is 9.59 Å². The van der Waals surface area contributed by atoms with Crippen LogP contribution in [0.3, 0.4) is 0 Å². The Morgan fingerprint density at radius 2 is 2.30 bits per heavy atom. The third-order valence-electron chi connectivity index (χ3n) is 3.35. The Hall–Kier alpha value is -1.96. The van der Waals surface area contributed by atoms with Gasteiger partial charge < -0.3 is 16.0 Å². The second kappa shape index (κ2) is 6.99. The number of aromatic nitrogens is 3. The van der Waals surface area contributed by atoms with Gasteiger partial charge in [-0.15, -0.1) is 0 Å². The lowest BCUT2D eigenvalue weighted by atomic mass is 9.97. The highest BCUT2D eigenvalue weighted by Gasteiger charge is 2.28. The number of likely N-dealkylation sites (tertiary alicyclic amines) is 1. The summed E-state index contributed by atoms with van der Waals surface area (Å²) in [5, 5.41) is 6.69. The first-order chi connectivity index (χ1) is 9.70. The monoisotopic (exact) mass is 280 g/mol. The molecule has 1 aliphatic heterocycles. The summed E-state index contributed by atoms with van der Waals surface area (Å²) < 4.78 is 1.49. The molecule has 0 bridgehead atoms. The predicted molar refractivity (Wildman–Crippen MR) is 71.4 cm³/mol. The van der Waals surface area contributed by atoms with Crippen molar-refractivity contribution in [3.8, 4) is 0 Å². The summed E-state index contributed by atoms with van der Waals surface area (Å²) in [4.78, 5) is 29.6. The van der Waals surface area contributed by atoms with Crippen LogP contribution in [0.1, 0.15) is 12.8 Å². The third kappa shape index (κ3) is 3.77. The number of piperidine rings is 1. The summed E-state index contributed by atoms with van der Waals surface area (Å²) in [5.74, 6) is -0.199. The molecule has 1 aliphatic rings. The maximum Gasteiger partial charge on any atom is 0.244 e. The van der Waals surface area contributed by atoms with E-state index >= 15 is 0 Å². The fourth-order valence-electron chi connectivity index (χ4n) is 2.31. The van der Waals surface area contributed by atoms with Crippen LogP contribution in [0.4, 0.5) is 0 Å². The van der Waals surface area contributed by atoms with Crippen molar-refractivity contribution in [2.45, 2.75) is 19.4 Å². The molecule has 0 saturated carbocycles. The zero-order valence-corrected chi connectivity index (χ0v) is 11.4. The lowest BCUT2D eigenvalue weighted by Gasteiger charge is -2.32. The highest BCUT2D eigenvalue weighted by atomic mass is 16.2. The number of nitrogens with zero attached hydrogens (tertiary/aromatic N) is 4. The van der Waals surface area contributed by atoms with Crippen molar-refractivity contribution < 1.29 is 9.59 Å². The molecule has 2 rings (SSSR count). The van der Waals surface area contributed by atoms with E-state index in [0.29, 0.717) is 26.2 Å². The number of hydrogen-bond donors (Lipinski definition) is 2. The van der Waals surface area contributed by atoms with Gasteiger partial charge in [-0.1, -0.05) is 0 Å². The molecule has 3 N–H and O–H groups in total. The van der Waals surface area contributed by atoms with Crippen molar-refractivity contribution in [2.75, 3.05) is 26.2 Å². The SMILES string of the molecule is NCCNC(=O)C1CCCN(C(=O)Cn2cncn2)C1. The molecule has 0 aliphatic carbocycles. The van der Waals surface area contributed by atoms with Gasteiger partial charge in [0.2, 0.25) is 11.8 Å². The Morgan fingerprint density at radius 1 is 1.45 bits per heavy atom. The first-order valence-corrected chi connectivity index (χ1v) is 6.78. The topological polar surface area (TPSA) is 106 Å². The van der Waals surface area contributed by atoms with E-state index in [1.54, 1.807) is 4.90 Å². The maximum absolute atomic E-state index is 12.1. The van der Waals surface area contributed by atoms with Crippen LogP contribution in [0.15, 0.2) is 12.7 Å². The maximum atomic E-state index is 12.1. The highest BCUT2D eigenvalue weighted by molar-refractivity contribution is 5.81. The van der Waals surface area contributed by atoms with Crippen molar-refractivity contribution >= 4 is 11.8 Å². The van der Waals surface area contributed by atoms with E-state index in [4.69, 9.17) is 5.73 Å². The number of carbonyl (C=O) groups is 2. The number of rotatable bonds is 5. The minimum Gasteiger partial charge on any atom is -0.355 e. The van der Waals surface area contributed by atoms with E-state index in [-0.39, 0.29) is 24.3 Å². The van der Waals surface area contributed by atoms with E-state index in [1.165, 1.54) is 17.3 Å². The number of hydrogen-bond acceptors (Lipinski definition) is 5. The lowest BCUT2D eigenvalue weighted by Crippen LogP contribution is -2.47. The molecule has 0 aromatic carbocycles. The summed E-state index contributed by atoms with van der Waals surface area (Å²) in [6.07, 6.45) is 4.55. The Morgan fingerprint density at radius 3 is 3.00 bits per heavy atom. The predicted octanol–water partition coefficient (Wildman–Crippen LogP) is -1.41. The van der Waals surface area contributed by atoms with E-state index in [0.717, 1.165) is 12.8 Å². The Kier molecular flexibility index (Phi) is 5.05. The molecule has 2 amide bonds. The first kappa shape index (κ1) is 14.4. The quantitative estimate of drug-likeness (QED) is 0.689. The second-order valence-corrected chi connectivity index (χ2v) is 4.85. The smallest absolute Gasteiger partial charge is 0.244 e. The molecule has 1 fully saturated rings. The molecule has 8 nitrogen and oxygen atoms in total. The molecule has 8 heteroatoms. The van der Waals surface area contributed by atoms with Gasteiger partial charge in [0.05, 0.1) is 5.92 Å². The zero-order valence-electron chi connectivity index (χ0n) is 11.4. The molecule has 110 valence electrons. The molecule has 1 unspecified atom stereocenters. The molecule has 1 saturated heterocycles. The molecule has 20 heavy (non-hydrogen) atoms. The molecule has 0 spiro atoms. The Bertz CT molecular complexity index is 447. The molecule has 2 heterocycles. The number of amides is 2. The van der Waals surface area contributed by atoms with E-state index in [9.17, 15) is 9.59 Å². The van der Waals surface area contributed by atoms with Crippen molar-refractivity contribution in [1.82, 2.24) is 25.0 Å². The largest absolute Gasteiger partial charge is 0.355 e. The standard InChI is InChI=1S/C12H20N6O2/c13-3-4-15-12(20)10-2-1-5-17(6-10)11(19)7-18-9-14-8-16-18/h8-10H,1-7,13H2,(H,15,20). The normalized spacial score (nSPS) is 18.9. The van der Waals surface area contributed by atoms with Gasteiger partial charge in [0.1, 0.15) is 19.2 Å². The van der Waals surface area contributed by atoms with Crippen molar-refractivity contribution in [1.29, 1.82) is 0 Å². The average molecular weight is 280 g/mol. The van der Waals surface area contributed by atoms with Crippen LogP contribution >= 0.6 is 0 Å². The van der Waals surface area contributed by atoms with Crippen molar-refractivity contribution in [2.24, 2.45) is 11.7 Å². The summed E-state index contributed by atoms with van der Waals surface area (Å²) in [7, 11) is 0. The van der Waals surface area contributed by atoms with Crippen LogP contribution in [-0.2, 0) is 16.1 Å². The van der Waals surface area contributed by atoms with Crippen LogP contribution in [0.5, 0.6) is 0 Å². The molecule has 1 atom stereocenters. The van der Waals surface area contributed by atoms with Gasteiger partial charge in [0, 0.05) is 26.2 Å². The Labute approximate surface area is 117 Å². The Balaban J connectivity index is 1.86. The highest BCUT2D eigenvalue weighted by Crippen LogP contribution is 2.17.